The molecule has 4 aromatic carbocycles. The van der Waals surface area contributed by atoms with Crippen molar-refractivity contribution in [1.29, 1.82) is 0 Å². The number of hydrogen-bond acceptors (Lipinski definition) is 4. The van der Waals surface area contributed by atoms with Gasteiger partial charge >= 0.3 is 0 Å². The number of carbonyl (C=O) groups is 2. The van der Waals surface area contributed by atoms with Crippen molar-refractivity contribution in [2.24, 2.45) is 0 Å². The molecule has 0 bridgehead atoms. The van der Waals surface area contributed by atoms with Crippen molar-refractivity contribution >= 4 is 34.8 Å². The second-order valence-corrected chi connectivity index (χ2v) is 8.73. The van der Waals surface area contributed by atoms with E-state index in [1.54, 1.807) is 79.7 Å². The Morgan fingerprint density at radius 2 is 1.41 bits per heavy atom. The number of nitrogens with one attached hydrogen (secondary N) is 2. The average molecular weight is 515 g/mol. The molecule has 0 saturated carbocycles. The molecular formula is C30H27ClN2O4. The van der Waals surface area contributed by atoms with Gasteiger partial charge in [-0.2, -0.15) is 0 Å². The van der Waals surface area contributed by atoms with Crippen molar-refractivity contribution in [3.8, 4) is 11.5 Å². The van der Waals surface area contributed by atoms with Gasteiger partial charge in [-0.1, -0.05) is 54.1 Å². The van der Waals surface area contributed by atoms with Crippen molar-refractivity contribution in [2.75, 3.05) is 17.2 Å². The molecule has 6 nitrogen and oxygen atoms in total. The van der Waals surface area contributed by atoms with Gasteiger partial charge < -0.3 is 20.1 Å². The van der Waals surface area contributed by atoms with Gasteiger partial charge in [-0.3, -0.25) is 9.59 Å². The van der Waals surface area contributed by atoms with E-state index in [0.717, 1.165) is 6.42 Å². The molecule has 0 aliphatic rings. The maximum absolute atomic E-state index is 12.6. The first-order chi connectivity index (χ1) is 18.0. The maximum atomic E-state index is 12.6. The highest BCUT2D eigenvalue weighted by molar-refractivity contribution is 6.32. The van der Waals surface area contributed by atoms with Gasteiger partial charge in [0.1, 0.15) is 11.5 Å². The van der Waals surface area contributed by atoms with Gasteiger partial charge in [0.15, 0.2) is 6.10 Å². The minimum atomic E-state index is -0.746. The first-order valence-electron chi connectivity index (χ1n) is 11.9. The number of para-hydroxylation sites is 1. The van der Waals surface area contributed by atoms with Crippen LogP contribution in [0.1, 0.15) is 22.8 Å². The van der Waals surface area contributed by atoms with Gasteiger partial charge in [0, 0.05) is 23.4 Å². The zero-order valence-electron chi connectivity index (χ0n) is 20.3. The van der Waals surface area contributed by atoms with Crippen LogP contribution in [-0.2, 0) is 11.2 Å². The SMILES string of the molecule is CC(Oc1ccccc1Cl)C(=O)Nc1ccc(NC(=O)c2ccc(OCCc3ccccc3)cc2)cc1. The summed E-state index contributed by atoms with van der Waals surface area (Å²) < 4.78 is 11.4. The number of amides is 2. The van der Waals surface area contributed by atoms with E-state index in [2.05, 4.69) is 22.8 Å². The summed E-state index contributed by atoms with van der Waals surface area (Å²) in [5.74, 6) is 0.592. The van der Waals surface area contributed by atoms with Crippen molar-refractivity contribution in [3.05, 3.63) is 119 Å². The molecule has 4 aromatic rings. The standard InChI is InChI=1S/C30H27ClN2O4/c1-21(37-28-10-6-5-9-27(28)31)29(34)32-24-13-15-25(16-14-24)33-30(35)23-11-17-26(18-12-23)36-20-19-22-7-3-2-4-8-22/h2-18,21H,19-20H2,1H3,(H,32,34)(H,33,35). The molecule has 0 saturated heterocycles. The minimum Gasteiger partial charge on any atom is -0.493 e. The minimum absolute atomic E-state index is 0.241. The van der Waals surface area contributed by atoms with E-state index in [9.17, 15) is 9.59 Å². The number of halogens is 1. The topological polar surface area (TPSA) is 76.7 Å². The summed E-state index contributed by atoms with van der Waals surface area (Å²) in [6.45, 7) is 2.20. The monoisotopic (exact) mass is 514 g/mol. The van der Waals surface area contributed by atoms with Gasteiger partial charge in [-0.05, 0) is 73.2 Å². The summed E-state index contributed by atoms with van der Waals surface area (Å²) in [6, 6.07) is 31.0. The molecule has 0 aliphatic heterocycles. The molecule has 37 heavy (non-hydrogen) atoms. The third kappa shape index (κ3) is 7.59. The van der Waals surface area contributed by atoms with Crippen LogP contribution in [0.4, 0.5) is 11.4 Å². The van der Waals surface area contributed by atoms with Crippen LogP contribution >= 0.6 is 11.6 Å². The second-order valence-electron chi connectivity index (χ2n) is 8.32. The average Bonchev–Trinajstić information content (AvgIpc) is 2.92. The number of hydrogen-bond donors (Lipinski definition) is 2. The van der Waals surface area contributed by atoms with E-state index >= 15 is 0 Å². The van der Waals surface area contributed by atoms with Gasteiger partial charge in [0.25, 0.3) is 11.8 Å². The van der Waals surface area contributed by atoms with E-state index in [1.165, 1.54) is 5.56 Å². The van der Waals surface area contributed by atoms with Crippen LogP contribution in [0, 0.1) is 0 Å². The lowest BCUT2D eigenvalue weighted by molar-refractivity contribution is -0.122. The summed E-state index contributed by atoms with van der Waals surface area (Å²) in [5, 5.41) is 6.08. The van der Waals surface area contributed by atoms with Crippen LogP contribution < -0.4 is 20.1 Å². The molecule has 0 spiro atoms. The Kier molecular flexibility index (Phi) is 8.79. The normalized spacial score (nSPS) is 11.3. The summed E-state index contributed by atoms with van der Waals surface area (Å²) in [5.41, 5.74) is 2.91. The van der Waals surface area contributed by atoms with Gasteiger partial charge in [0.2, 0.25) is 0 Å². The lowest BCUT2D eigenvalue weighted by atomic mass is 10.1. The number of carbonyl (C=O) groups excluding carboxylic acids is 2. The predicted molar refractivity (Wildman–Crippen MR) is 147 cm³/mol. The van der Waals surface area contributed by atoms with Gasteiger partial charge in [0.05, 0.1) is 11.6 Å². The van der Waals surface area contributed by atoms with Crippen molar-refractivity contribution in [1.82, 2.24) is 0 Å². The fourth-order valence-corrected chi connectivity index (χ4v) is 3.68. The molecule has 0 radical (unpaired) electrons. The van der Waals surface area contributed by atoms with Crippen LogP contribution in [-0.4, -0.2) is 24.5 Å². The smallest absolute Gasteiger partial charge is 0.265 e. The first kappa shape index (κ1) is 25.8. The van der Waals surface area contributed by atoms with Crippen LogP contribution in [0.15, 0.2) is 103 Å². The van der Waals surface area contributed by atoms with Crippen molar-refractivity contribution < 1.29 is 19.1 Å². The fraction of sp³-hybridized carbons (Fsp3) is 0.133. The highest BCUT2D eigenvalue weighted by Gasteiger charge is 2.16. The molecule has 7 heteroatoms. The lowest BCUT2D eigenvalue weighted by Gasteiger charge is -2.15. The van der Waals surface area contributed by atoms with E-state index in [0.29, 0.717) is 40.1 Å². The molecule has 1 atom stereocenters. The fourth-order valence-electron chi connectivity index (χ4n) is 3.50. The van der Waals surface area contributed by atoms with Crippen LogP contribution in [0.5, 0.6) is 11.5 Å². The first-order valence-corrected chi connectivity index (χ1v) is 12.3. The Bertz CT molecular complexity index is 1330. The number of anilines is 2. The molecule has 2 N–H and O–H groups in total. The lowest BCUT2D eigenvalue weighted by Crippen LogP contribution is -2.30. The molecule has 188 valence electrons. The van der Waals surface area contributed by atoms with E-state index in [4.69, 9.17) is 21.1 Å². The van der Waals surface area contributed by atoms with Crippen LogP contribution in [0.2, 0.25) is 5.02 Å². The second kappa shape index (κ2) is 12.6. The third-order valence-corrected chi connectivity index (χ3v) is 5.85. The van der Waals surface area contributed by atoms with Gasteiger partial charge in [-0.15, -0.1) is 0 Å². The number of rotatable bonds is 10. The van der Waals surface area contributed by atoms with Gasteiger partial charge in [-0.25, -0.2) is 0 Å². The Morgan fingerprint density at radius 1 is 0.784 bits per heavy atom. The molecular weight excluding hydrogens is 488 g/mol. The summed E-state index contributed by atoms with van der Waals surface area (Å²) in [7, 11) is 0. The zero-order valence-corrected chi connectivity index (χ0v) is 21.1. The highest BCUT2D eigenvalue weighted by atomic mass is 35.5. The highest BCUT2D eigenvalue weighted by Crippen LogP contribution is 2.24. The van der Waals surface area contributed by atoms with Crippen molar-refractivity contribution in [3.63, 3.8) is 0 Å². The van der Waals surface area contributed by atoms with Crippen molar-refractivity contribution in [2.45, 2.75) is 19.4 Å². The number of benzene rings is 4. The molecule has 1 unspecified atom stereocenters. The third-order valence-electron chi connectivity index (χ3n) is 5.54. The largest absolute Gasteiger partial charge is 0.493 e. The molecule has 0 heterocycles. The molecule has 0 aromatic heterocycles. The van der Waals surface area contributed by atoms with E-state index in [1.807, 2.05) is 18.2 Å². The molecule has 2 amide bonds. The molecule has 0 fully saturated rings. The summed E-state index contributed by atoms with van der Waals surface area (Å²) >= 11 is 6.09. The Labute approximate surface area is 221 Å². The Morgan fingerprint density at radius 3 is 2.08 bits per heavy atom. The maximum Gasteiger partial charge on any atom is 0.265 e. The summed E-state index contributed by atoms with van der Waals surface area (Å²) in [4.78, 5) is 25.1. The zero-order chi connectivity index (χ0) is 26.0. The summed E-state index contributed by atoms with van der Waals surface area (Å²) in [6.07, 6.45) is 0.0666. The van der Waals surface area contributed by atoms with Crippen LogP contribution in [0.3, 0.4) is 0 Å². The predicted octanol–water partition coefficient (Wildman–Crippen LogP) is 6.62. The quantitative estimate of drug-likeness (QED) is 0.249. The van der Waals surface area contributed by atoms with E-state index < -0.39 is 6.10 Å². The molecule has 4 rings (SSSR count). The van der Waals surface area contributed by atoms with Crippen LogP contribution in [0.25, 0.3) is 0 Å². The Balaban J connectivity index is 1.25. The Hall–Kier alpha value is -4.29. The van der Waals surface area contributed by atoms with E-state index in [-0.39, 0.29) is 11.8 Å². The number of ether oxygens (including phenoxy) is 2. The molecule has 0 aliphatic carbocycles.